The zero-order chi connectivity index (χ0) is 9.94. The Morgan fingerprint density at radius 3 is 2.54 bits per heavy atom. The summed E-state index contributed by atoms with van der Waals surface area (Å²) in [6.45, 7) is 3.26. The lowest BCUT2D eigenvalue weighted by atomic mass is 10.1. The maximum atomic E-state index is 9.91. The number of hydrogen-bond donors (Lipinski definition) is 0. The second-order valence-corrected chi connectivity index (χ2v) is 2.86. The summed E-state index contributed by atoms with van der Waals surface area (Å²) in [6.07, 6.45) is 3.69. The molecule has 0 aromatic rings. The van der Waals surface area contributed by atoms with Crippen molar-refractivity contribution < 1.29 is 19.1 Å². The van der Waals surface area contributed by atoms with Crippen LogP contribution in [0.2, 0.25) is 0 Å². The lowest BCUT2D eigenvalue weighted by Crippen LogP contribution is -2.06. The van der Waals surface area contributed by atoms with Crippen molar-refractivity contribution in [1.29, 1.82) is 0 Å². The highest BCUT2D eigenvalue weighted by Crippen LogP contribution is 2.05. The molecular weight excluding hydrogens is 172 g/mol. The topological polar surface area (TPSA) is 52.6 Å². The number of ether oxygens (including phenoxy) is 2. The van der Waals surface area contributed by atoms with E-state index in [1.54, 1.807) is 0 Å². The van der Waals surface area contributed by atoms with E-state index >= 15 is 0 Å². The van der Waals surface area contributed by atoms with Crippen LogP contribution in [-0.4, -0.2) is 25.7 Å². The number of unbranched alkanes of at least 4 members (excludes halogenated alkanes) is 2. The molecule has 0 amide bonds. The van der Waals surface area contributed by atoms with Gasteiger partial charge in [-0.05, 0) is 32.6 Å². The van der Waals surface area contributed by atoms with Gasteiger partial charge in [0.05, 0.1) is 12.7 Å². The van der Waals surface area contributed by atoms with E-state index in [0.29, 0.717) is 19.6 Å². The Morgan fingerprint density at radius 2 is 1.92 bits per heavy atom. The minimum atomic E-state index is -0.00973. The molecule has 0 spiro atoms. The zero-order valence-electron chi connectivity index (χ0n) is 7.90. The van der Waals surface area contributed by atoms with Crippen LogP contribution in [-0.2, 0) is 19.1 Å². The fraction of sp³-hybridized carbons (Fsp3) is 0.778. The standard InChI is InChI=1S/C9H16O4/c1-9(13-8-11)5-3-2-4-6-12-7-10/h7-9H,2-6H2,1H3. The first-order valence-electron chi connectivity index (χ1n) is 4.45. The van der Waals surface area contributed by atoms with E-state index in [9.17, 15) is 9.59 Å². The number of carbonyl (C=O) groups excluding carboxylic acids is 2. The lowest BCUT2D eigenvalue weighted by molar-refractivity contribution is -0.133. The number of carbonyl (C=O) groups is 2. The Balaban J connectivity index is 3.05. The predicted octanol–water partition coefficient (Wildman–Crippen LogP) is 1.28. The van der Waals surface area contributed by atoms with E-state index in [1.807, 2.05) is 6.92 Å². The van der Waals surface area contributed by atoms with Crippen molar-refractivity contribution >= 4 is 12.9 Å². The van der Waals surface area contributed by atoms with Gasteiger partial charge >= 0.3 is 0 Å². The molecule has 0 aromatic carbocycles. The molecule has 13 heavy (non-hydrogen) atoms. The second-order valence-electron chi connectivity index (χ2n) is 2.86. The first-order chi connectivity index (χ1) is 6.31. The van der Waals surface area contributed by atoms with Crippen molar-refractivity contribution in [1.82, 2.24) is 0 Å². The molecule has 4 heteroatoms. The average molecular weight is 188 g/mol. The van der Waals surface area contributed by atoms with Gasteiger partial charge in [-0.25, -0.2) is 0 Å². The van der Waals surface area contributed by atoms with Crippen LogP contribution in [0.4, 0.5) is 0 Å². The highest BCUT2D eigenvalue weighted by molar-refractivity contribution is 5.37. The molecule has 0 rings (SSSR count). The maximum Gasteiger partial charge on any atom is 0.293 e. The molecule has 0 aliphatic rings. The van der Waals surface area contributed by atoms with Crippen LogP contribution in [0.5, 0.6) is 0 Å². The van der Waals surface area contributed by atoms with Gasteiger partial charge in [0.1, 0.15) is 0 Å². The second kappa shape index (κ2) is 9.03. The molecule has 0 bridgehead atoms. The molecule has 0 saturated heterocycles. The van der Waals surface area contributed by atoms with Gasteiger partial charge in [0, 0.05) is 0 Å². The third-order valence-electron chi connectivity index (χ3n) is 1.73. The summed E-state index contributed by atoms with van der Waals surface area (Å²) in [5.74, 6) is 0. The minimum absolute atomic E-state index is 0.00973. The van der Waals surface area contributed by atoms with E-state index in [1.165, 1.54) is 0 Å². The number of hydrogen-bond acceptors (Lipinski definition) is 4. The highest BCUT2D eigenvalue weighted by atomic mass is 16.5. The first kappa shape index (κ1) is 11.9. The van der Waals surface area contributed by atoms with Gasteiger partial charge in [0.25, 0.3) is 12.9 Å². The van der Waals surface area contributed by atoms with Gasteiger partial charge in [0.2, 0.25) is 0 Å². The van der Waals surface area contributed by atoms with Crippen LogP contribution >= 0.6 is 0 Å². The van der Waals surface area contributed by atoms with Crippen molar-refractivity contribution in [3.63, 3.8) is 0 Å². The Hall–Kier alpha value is -1.06. The minimum Gasteiger partial charge on any atom is -0.468 e. The van der Waals surface area contributed by atoms with Gasteiger partial charge in [-0.15, -0.1) is 0 Å². The van der Waals surface area contributed by atoms with Crippen molar-refractivity contribution in [2.45, 2.75) is 38.7 Å². The Kier molecular flexibility index (Phi) is 8.30. The van der Waals surface area contributed by atoms with Gasteiger partial charge in [0.15, 0.2) is 0 Å². The van der Waals surface area contributed by atoms with Crippen molar-refractivity contribution in [2.24, 2.45) is 0 Å². The Morgan fingerprint density at radius 1 is 1.15 bits per heavy atom. The van der Waals surface area contributed by atoms with E-state index < -0.39 is 0 Å². The molecule has 0 aromatic heterocycles. The molecule has 0 N–H and O–H groups in total. The lowest BCUT2D eigenvalue weighted by Gasteiger charge is -2.08. The van der Waals surface area contributed by atoms with E-state index in [0.717, 1.165) is 25.7 Å². The van der Waals surface area contributed by atoms with E-state index in [4.69, 9.17) is 4.74 Å². The molecular formula is C9H16O4. The summed E-state index contributed by atoms with van der Waals surface area (Å²) < 4.78 is 9.22. The van der Waals surface area contributed by atoms with Gasteiger partial charge in [-0.2, -0.15) is 0 Å². The summed E-state index contributed by atoms with van der Waals surface area (Å²) in [5.41, 5.74) is 0. The van der Waals surface area contributed by atoms with Crippen LogP contribution in [0.1, 0.15) is 32.6 Å². The normalized spacial score (nSPS) is 11.8. The fourth-order valence-electron chi connectivity index (χ4n) is 1.00. The molecule has 1 atom stereocenters. The zero-order valence-corrected chi connectivity index (χ0v) is 7.90. The first-order valence-corrected chi connectivity index (χ1v) is 4.45. The fourth-order valence-corrected chi connectivity index (χ4v) is 1.00. The highest BCUT2D eigenvalue weighted by Gasteiger charge is 2.00. The summed E-state index contributed by atoms with van der Waals surface area (Å²) in [7, 11) is 0. The third kappa shape index (κ3) is 8.85. The van der Waals surface area contributed by atoms with E-state index in [-0.39, 0.29) is 6.10 Å². The van der Waals surface area contributed by atoms with Crippen LogP contribution in [0.25, 0.3) is 0 Å². The van der Waals surface area contributed by atoms with Crippen LogP contribution in [0.15, 0.2) is 0 Å². The molecule has 1 unspecified atom stereocenters. The Bertz CT molecular complexity index is 136. The summed E-state index contributed by atoms with van der Waals surface area (Å²) >= 11 is 0. The van der Waals surface area contributed by atoms with Crippen molar-refractivity contribution in [3.8, 4) is 0 Å². The largest absolute Gasteiger partial charge is 0.468 e. The summed E-state index contributed by atoms with van der Waals surface area (Å²) in [6, 6.07) is 0. The smallest absolute Gasteiger partial charge is 0.293 e. The molecule has 0 radical (unpaired) electrons. The molecule has 0 heterocycles. The summed E-state index contributed by atoms with van der Waals surface area (Å²) in [5, 5.41) is 0. The van der Waals surface area contributed by atoms with Gasteiger partial charge < -0.3 is 9.47 Å². The molecule has 4 nitrogen and oxygen atoms in total. The molecule has 76 valence electrons. The quantitative estimate of drug-likeness (QED) is 0.404. The molecule has 0 saturated carbocycles. The SMILES string of the molecule is CC(CCCCCOC=O)OC=O. The average Bonchev–Trinajstić information content (AvgIpc) is 2.11. The van der Waals surface area contributed by atoms with Crippen LogP contribution in [0, 0.1) is 0 Å². The van der Waals surface area contributed by atoms with E-state index in [2.05, 4.69) is 4.74 Å². The van der Waals surface area contributed by atoms with Gasteiger partial charge in [-0.3, -0.25) is 9.59 Å². The van der Waals surface area contributed by atoms with Crippen LogP contribution in [0.3, 0.4) is 0 Å². The Labute approximate surface area is 78.2 Å². The van der Waals surface area contributed by atoms with Crippen LogP contribution < -0.4 is 0 Å². The maximum absolute atomic E-state index is 9.91. The predicted molar refractivity (Wildman–Crippen MR) is 47.1 cm³/mol. The van der Waals surface area contributed by atoms with Crippen molar-refractivity contribution in [3.05, 3.63) is 0 Å². The third-order valence-corrected chi connectivity index (χ3v) is 1.73. The molecule has 0 aliphatic carbocycles. The number of rotatable bonds is 9. The summed E-state index contributed by atoms with van der Waals surface area (Å²) in [4.78, 5) is 19.7. The van der Waals surface area contributed by atoms with Gasteiger partial charge in [-0.1, -0.05) is 0 Å². The monoisotopic (exact) mass is 188 g/mol. The molecule has 0 fully saturated rings. The van der Waals surface area contributed by atoms with Crippen molar-refractivity contribution in [2.75, 3.05) is 6.61 Å². The molecule has 0 aliphatic heterocycles.